The summed E-state index contributed by atoms with van der Waals surface area (Å²) in [5.41, 5.74) is 3.49. The zero-order valence-electron chi connectivity index (χ0n) is 16.6. The van der Waals surface area contributed by atoms with E-state index in [1.54, 1.807) is 24.1 Å². The van der Waals surface area contributed by atoms with Gasteiger partial charge >= 0.3 is 5.97 Å². The highest BCUT2D eigenvalue weighted by Gasteiger charge is 2.23. The van der Waals surface area contributed by atoms with Crippen molar-refractivity contribution in [1.82, 2.24) is 4.90 Å². The van der Waals surface area contributed by atoms with E-state index in [9.17, 15) is 9.59 Å². The lowest BCUT2D eigenvalue weighted by atomic mass is 10.1. The van der Waals surface area contributed by atoms with Gasteiger partial charge in [-0.1, -0.05) is 29.3 Å². The lowest BCUT2D eigenvalue weighted by Gasteiger charge is -2.36. The molecule has 1 amide bonds. The van der Waals surface area contributed by atoms with Crippen LogP contribution in [0.4, 0.5) is 5.69 Å². The number of carbonyl (C=O) groups excluding carboxylic acids is 2. The number of hydrogen-bond acceptors (Lipinski definition) is 5. The molecule has 1 saturated heterocycles. The highest BCUT2D eigenvalue weighted by atomic mass is 16.5. The van der Waals surface area contributed by atoms with Gasteiger partial charge in [-0.15, -0.1) is 0 Å². The number of piperazine rings is 1. The van der Waals surface area contributed by atoms with E-state index in [1.807, 2.05) is 44.2 Å². The number of rotatable bonds is 5. The van der Waals surface area contributed by atoms with Crippen molar-refractivity contribution in [2.75, 3.05) is 44.8 Å². The van der Waals surface area contributed by atoms with Crippen LogP contribution >= 0.6 is 0 Å². The summed E-state index contributed by atoms with van der Waals surface area (Å²) in [6.45, 7) is 6.19. The molecule has 1 aliphatic rings. The Morgan fingerprint density at radius 2 is 1.61 bits per heavy atom. The molecule has 2 aromatic carbocycles. The fourth-order valence-electron chi connectivity index (χ4n) is 3.48. The van der Waals surface area contributed by atoms with Gasteiger partial charge in [-0.05, 0) is 38.1 Å². The molecule has 6 nitrogen and oxygen atoms in total. The van der Waals surface area contributed by atoms with E-state index in [0.717, 1.165) is 22.6 Å². The predicted molar refractivity (Wildman–Crippen MR) is 108 cm³/mol. The molecule has 0 atom stereocenters. The number of carbonyl (C=O) groups is 2. The van der Waals surface area contributed by atoms with Gasteiger partial charge in [0.05, 0.1) is 18.4 Å². The highest BCUT2D eigenvalue weighted by Crippen LogP contribution is 2.28. The molecule has 0 N–H and O–H groups in total. The molecule has 0 aromatic heterocycles. The molecule has 1 fully saturated rings. The number of esters is 1. The third kappa shape index (κ3) is 4.63. The van der Waals surface area contributed by atoms with Gasteiger partial charge in [-0.3, -0.25) is 4.79 Å². The summed E-state index contributed by atoms with van der Waals surface area (Å²) in [6.07, 6.45) is 0. The van der Waals surface area contributed by atoms with Crippen LogP contribution in [0.5, 0.6) is 5.75 Å². The molecule has 0 saturated carbocycles. The normalized spacial score (nSPS) is 14.0. The van der Waals surface area contributed by atoms with Gasteiger partial charge in [0.2, 0.25) is 0 Å². The zero-order valence-corrected chi connectivity index (χ0v) is 16.6. The second kappa shape index (κ2) is 8.78. The highest BCUT2D eigenvalue weighted by molar-refractivity contribution is 5.91. The number of para-hydroxylation sites is 2. The first-order chi connectivity index (χ1) is 13.5. The quantitative estimate of drug-likeness (QED) is 0.745. The fourth-order valence-corrected chi connectivity index (χ4v) is 3.48. The van der Waals surface area contributed by atoms with Gasteiger partial charge in [0.1, 0.15) is 5.75 Å². The smallest absolute Gasteiger partial charge is 0.338 e. The summed E-state index contributed by atoms with van der Waals surface area (Å²) in [6, 6.07) is 13.4. The van der Waals surface area contributed by atoms with E-state index in [-0.39, 0.29) is 12.5 Å². The lowest BCUT2D eigenvalue weighted by Crippen LogP contribution is -2.50. The first-order valence-corrected chi connectivity index (χ1v) is 9.39. The van der Waals surface area contributed by atoms with Crippen LogP contribution in [0.15, 0.2) is 42.5 Å². The summed E-state index contributed by atoms with van der Waals surface area (Å²) in [5.74, 6) is 0.190. The molecule has 148 valence electrons. The second-order valence-electron chi connectivity index (χ2n) is 6.99. The van der Waals surface area contributed by atoms with Crippen molar-refractivity contribution in [2.24, 2.45) is 0 Å². The molecule has 0 spiro atoms. The number of methoxy groups -OCH3 is 1. The Morgan fingerprint density at radius 3 is 2.25 bits per heavy atom. The van der Waals surface area contributed by atoms with Crippen LogP contribution in [0.3, 0.4) is 0 Å². The van der Waals surface area contributed by atoms with Crippen LogP contribution < -0.4 is 9.64 Å². The minimum atomic E-state index is -0.465. The Morgan fingerprint density at radius 1 is 0.964 bits per heavy atom. The van der Waals surface area contributed by atoms with Crippen LogP contribution in [0.2, 0.25) is 0 Å². The van der Waals surface area contributed by atoms with Crippen molar-refractivity contribution in [2.45, 2.75) is 13.8 Å². The molecule has 1 heterocycles. The van der Waals surface area contributed by atoms with Crippen molar-refractivity contribution in [1.29, 1.82) is 0 Å². The largest absolute Gasteiger partial charge is 0.495 e. The van der Waals surface area contributed by atoms with Gasteiger partial charge in [0.25, 0.3) is 5.91 Å². The van der Waals surface area contributed by atoms with Crippen LogP contribution in [0.1, 0.15) is 21.5 Å². The number of benzene rings is 2. The van der Waals surface area contributed by atoms with E-state index in [0.29, 0.717) is 31.7 Å². The average Bonchev–Trinajstić information content (AvgIpc) is 2.71. The minimum absolute atomic E-state index is 0.169. The van der Waals surface area contributed by atoms with E-state index >= 15 is 0 Å². The first-order valence-electron chi connectivity index (χ1n) is 9.39. The van der Waals surface area contributed by atoms with Crippen LogP contribution in [-0.4, -0.2) is 56.7 Å². The summed E-state index contributed by atoms with van der Waals surface area (Å²) < 4.78 is 10.7. The third-order valence-electron chi connectivity index (χ3n) is 4.84. The number of nitrogens with zero attached hydrogens (tertiary/aromatic N) is 2. The van der Waals surface area contributed by atoms with Crippen LogP contribution in [0, 0.1) is 13.8 Å². The monoisotopic (exact) mass is 382 g/mol. The Balaban J connectivity index is 1.52. The Hall–Kier alpha value is -3.02. The topological polar surface area (TPSA) is 59.1 Å². The molecule has 28 heavy (non-hydrogen) atoms. The number of ether oxygens (including phenoxy) is 2. The summed E-state index contributed by atoms with van der Waals surface area (Å²) >= 11 is 0. The summed E-state index contributed by atoms with van der Waals surface area (Å²) in [7, 11) is 1.66. The van der Waals surface area contributed by atoms with Gasteiger partial charge in [0, 0.05) is 26.2 Å². The number of amides is 1. The van der Waals surface area contributed by atoms with E-state index in [4.69, 9.17) is 9.47 Å². The van der Waals surface area contributed by atoms with Gasteiger partial charge < -0.3 is 19.3 Å². The first kappa shape index (κ1) is 19.7. The molecule has 0 radical (unpaired) electrons. The SMILES string of the molecule is COc1ccccc1N1CCN(C(=O)COC(=O)c2cc(C)cc(C)c2)CC1. The van der Waals surface area contributed by atoms with Crippen LogP contribution in [-0.2, 0) is 9.53 Å². The van der Waals surface area contributed by atoms with Crippen molar-refractivity contribution in [3.8, 4) is 5.75 Å². The van der Waals surface area contributed by atoms with Gasteiger partial charge in [-0.2, -0.15) is 0 Å². The number of hydrogen-bond donors (Lipinski definition) is 0. The fraction of sp³-hybridized carbons (Fsp3) is 0.364. The summed E-state index contributed by atoms with van der Waals surface area (Å²) in [5, 5.41) is 0. The molecule has 0 aliphatic carbocycles. The molecular formula is C22H26N2O4. The van der Waals surface area contributed by atoms with Gasteiger partial charge in [-0.25, -0.2) is 4.79 Å². The van der Waals surface area contributed by atoms with Crippen LogP contribution in [0.25, 0.3) is 0 Å². The number of anilines is 1. The van der Waals surface area contributed by atoms with E-state index in [2.05, 4.69) is 4.90 Å². The standard InChI is InChI=1S/C22H26N2O4/c1-16-12-17(2)14-18(13-16)22(26)28-15-21(25)24-10-8-23(9-11-24)19-6-4-5-7-20(19)27-3/h4-7,12-14H,8-11,15H2,1-3H3. The lowest BCUT2D eigenvalue weighted by molar-refractivity contribution is -0.134. The van der Waals surface area contributed by atoms with Gasteiger partial charge in [0.15, 0.2) is 6.61 Å². The molecular weight excluding hydrogens is 356 g/mol. The maximum Gasteiger partial charge on any atom is 0.338 e. The Labute approximate surface area is 165 Å². The third-order valence-corrected chi connectivity index (χ3v) is 4.84. The molecule has 3 rings (SSSR count). The molecule has 1 aliphatic heterocycles. The Bertz CT molecular complexity index is 837. The zero-order chi connectivity index (χ0) is 20.1. The minimum Gasteiger partial charge on any atom is -0.495 e. The van der Waals surface area contributed by atoms with E-state index in [1.165, 1.54) is 0 Å². The maximum absolute atomic E-state index is 12.4. The maximum atomic E-state index is 12.4. The Kier molecular flexibility index (Phi) is 6.19. The van der Waals surface area contributed by atoms with Crippen molar-refractivity contribution in [3.05, 3.63) is 59.2 Å². The molecule has 6 heteroatoms. The van der Waals surface area contributed by atoms with Crippen molar-refractivity contribution < 1.29 is 19.1 Å². The van der Waals surface area contributed by atoms with Crippen molar-refractivity contribution >= 4 is 17.6 Å². The molecule has 2 aromatic rings. The van der Waals surface area contributed by atoms with E-state index < -0.39 is 5.97 Å². The number of aryl methyl sites for hydroxylation is 2. The second-order valence-corrected chi connectivity index (χ2v) is 6.99. The average molecular weight is 382 g/mol. The summed E-state index contributed by atoms with van der Waals surface area (Å²) in [4.78, 5) is 28.6. The predicted octanol–water partition coefficient (Wildman–Crippen LogP) is 2.82. The molecule has 0 bridgehead atoms. The van der Waals surface area contributed by atoms with Crippen molar-refractivity contribution in [3.63, 3.8) is 0 Å². The molecule has 0 unspecified atom stereocenters.